The summed E-state index contributed by atoms with van der Waals surface area (Å²) in [5.74, 6) is -6.41. The molecule has 0 unspecified atom stereocenters. The summed E-state index contributed by atoms with van der Waals surface area (Å²) in [7, 11) is 0. The second kappa shape index (κ2) is 5.32. The quantitative estimate of drug-likeness (QED) is 0.797. The highest BCUT2D eigenvalue weighted by molar-refractivity contribution is 7.13. The number of alkyl halides is 4. The minimum absolute atomic E-state index is 0.0132. The van der Waals surface area contributed by atoms with Crippen LogP contribution in [0.15, 0.2) is 11.6 Å². The molecular formula is C10H11F4N3OS. The Bertz CT molecular complexity index is 432. The molecule has 0 saturated carbocycles. The van der Waals surface area contributed by atoms with E-state index in [0.717, 1.165) is 10.0 Å². The fraction of sp³-hybridized carbons (Fsp3) is 0.600. The average Bonchev–Trinajstić information content (AvgIpc) is 2.91. The predicted molar refractivity (Wildman–Crippen MR) is 61.9 cm³/mol. The fourth-order valence-corrected chi connectivity index (χ4v) is 2.47. The van der Waals surface area contributed by atoms with Crippen molar-refractivity contribution in [3.05, 3.63) is 11.6 Å². The van der Waals surface area contributed by atoms with E-state index in [1.165, 1.54) is 11.3 Å². The van der Waals surface area contributed by atoms with E-state index in [0.29, 0.717) is 13.1 Å². The molecule has 9 heteroatoms. The fourth-order valence-electron chi connectivity index (χ4n) is 1.78. The van der Waals surface area contributed by atoms with Crippen molar-refractivity contribution in [2.75, 3.05) is 31.1 Å². The van der Waals surface area contributed by atoms with Crippen LogP contribution in [0, 0.1) is 0 Å². The summed E-state index contributed by atoms with van der Waals surface area (Å²) in [6, 6.07) is 0. The first-order chi connectivity index (χ1) is 8.93. The van der Waals surface area contributed by atoms with Crippen LogP contribution in [0.3, 0.4) is 0 Å². The maximum atomic E-state index is 12.9. The summed E-state index contributed by atoms with van der Waals surface area (Å²) in [5.41, 5.74) is 0. The highest BCUT2D eigenvalue weighted by Crippen LogP contribution is 2.26. The molecule has 19 heavy (non-hydrogen) atoms. The van der Waals surface area contributed by atoms with Crippen molar-refractivity contribution in [3.63, 3.8) is 0 Å². The maximum Gasteiger partial charge on any atom is 0.383 e. The van der Waals surface area contributed by atoms with Gasteiger partial charge in [0.2, 0.25) is 0 Å². The number of carbonyl (C=O) groups excluding carboxylic acids is 1. The molecule has 0 spiro atoms. The molecule has 4 nitrogen and oxygen atoms in total. The van der Waals surface area contributed by atoms with Crippen molar-refractivity contribution < 1.29 is 22.4 Å². The van der Waals surface area contributed by atoms with Crippen LogP contribution in [-0.2, 0) is 4.79 Å². The number of halogens is 4. The van der Waals surface area contributed by atoms with Gasteiger partial charge in [0.15, 0.2) is 5.13 Å². The highest BCUT2D eigenvalue weighted by Gasteiger charge is 2.51. The van der Waals surface area contributed by atoms with E-state index in [2.05, 4.69) is 4.98 Å². The Morgan fingerprint density at radius 1 is 1.32 bits per heavy atom. The summed E-state index contributed by atoms with van der Waals surface area (Å²) >= 11 is 1.39. The van der Waals surface area contributed by atoms with Crippen molar-refractivity contribution in [3.8, 4) is 0 Å². The van der Waals surface area contributed by atoms with Crippen LogP contribution in [0.4, 0.5) is 22.7 Å². The molecule has 1 saturated heterocycles. The van der Waals surface area contributed by atoms with Gasteiger partial charge < -0.3 is 9.80 Å². The van der Waals surface area contributed by atoms with E-state index in [1.807, 2.05) is 4.90 Å². The van der Waals surface area contributed by atoms with Gasteiger partial charge in [-0.3, -0.25) is 4.79 Å². The molecule has 0 atom stereocenters. The van der Waals surface area contributed by atoms with Gasteiger partial charge in [-0.15, -0.1) is 11.3 Å². The standard InChI is InChI=1S/C10H11F4N3OS/c11-7(12)10(13,14)8(18)16-2-4-17(5-3-16)9-15-1-6-19-9/h1,6-7H,2-5H2. The lowest BCUT2D eigenvalue weighted by Crippen LogP contribution is -2.55. The van der Waals surface area contributed by atoms with Gasteiger partial charge in [0.25, 0.3) is 5.91 Å². The van der Waals surface area contributed by atoms with Gasteiger partial charge in [-0.1, -0.05) is 0 Å². The van der Waals surface area contributed by atoms with E-state index in [1.54, 1.807) is 11.6 Å². The molecule has 1 aliphatic rings. The van der Waals surface area contributed by atoms with Crippen LogP contribution >= 0.6 is 11.3 Å². The Kier molecular flexibility index (Phi) is 3.93. The maximum absolute atomic E-state index is 12.9. The zero-order chi connectivity index (χ0) is 14.0. The third-order valence-electron chi connectivity index (χ3n) is 2.82. The number of aromatic nitrogens is 1. The Morgan fingerprint density at radius 2 is 1.95 bits per heavy atom. The third-order valence-corrected chi connectivity index (χ3v) is 3.65. The van der Waals surface area contributed by atoms with E-state index >= 15 is 0 Å². The first-order valence-electron chi connectivity index (χ1n) is 5.52. The molecule has 0 aliphatic carbocycles. The lowest BCUT2D eigenvalue weighted by atomic mass is 10.2. The zero-order valence-corrected chi connectivity index (χ0v) is 10.5. The summed E-state index contributed by atoms with van der Waals surface area (Å²) in [4.78, 5) is 18.0. The summed E-state index contributed by atoms with van der Waals surface area (Å²) in [5, 5.41) is 2.50. The number of nitrogens with zero attached hydrogens (tertiary/aromatic N) is 3. The molecule has 1 aromatic heterocycles. The van der Waals surface area contributed by atoms with Gasteiger partial charge in [0.1, 0.15) is 0 Å². The first-order valence-corrected chi connectivity index (χ1v) is 6.40. The largest absolute Gasteiger partial charge is 0.383 e. The minimum atomic E-state index is -4.61. The van der Waals surface area contributed by atoms with Crippen LogP contribution < -0.4 is 4.90 Å². The number of rotatable bonds is 3. The lowest BCUT2D eigenvalue weighted by Gasteiger charge is -2.35. The first kappa shape index (κ1) is 14.0. The van der Waals surface area contributed by atoms with Crippen molar-refractivity contribution in [2.24, 2.45) is 0 Å². The normalized spacial score (nSPS) is 17.1. The molecule has 2 rings (SSSR count). The Hall–Kier alpha value is -1.38. The third kappa shape index (κ3) is 2.80. The Morgan fingerprint density at radius 3 is 2.42 bits per heavy atom. The summed E-state index contributed by atoms with van der Waals surface area (Å²) < 4.78 is 50.1. The minimum Gasteiger partial charge on any atom is -0.345 e. The Balaban J connectivity index is 1.95. The van der Waals surface area contributed by atoms with Crippen LogP contribution in [-0.4, -0.2) is 54.3 Å². The zero-order valence-electron chi connectivity index (χ0n) is 9.73. The van der Waals surface area contributed by atoms with Gasteiger partial charge in [-0.25, -0.2) is 13.8 Å². The van der Waals surface area contributed by atoms with Crippen molar-refractivity contribution in [2.45, 2.75) is 12.3 Å². The number of thiazole rings is 1. The summed E-state index contributed by atoms with van der Waals surface area (Å²) in [6.45, 7) is 0.582. The molecule has 1 amide bonds. The van der Waals surface area contributed by atoms with Crippen molar-refractivity contribution in [1.29, 1.82) is 0 Å². The number of hydrogen-bond acceptors (Lipinski definition) is 4. The lowest BCUT2D eigenvalue weighted by molar-refractivity contribution is -0.180. The number of anilines is 1. The molecule has 0 radical (unpaired) electrons. The number of amides is 1. The molecule has 1 aliphatic heterocycles. The number of hydrogen-bond donors (Lipinski definition) is 0. The molecule has 0 bridgehead atoms. The van der Waals surface area contributed by atoms with Crippen molar-refractivity contribution in [1.82, 2.24) is 9.88 Å². The number of carbonyl (C=O) groups is 1. The summed E-state index contributed by atoms with van der Waals surface area (Å²) in [6.07, 6.45) is -2.36. The molecule has 106 valence electrons. The van der Waals surface area contributed by atoms with Crippen LogP contribution in [0.1, 0.15) is 0 Å². The van der Waals surface area contributed by atoms with E-state index < -0.39 is 18.3 Å². The monoisotopic (exact) mass is 297 g/mol. The van der Waals surface area contributed by atoms with Gasteiger partial charge in [0.05, 0.1) is 0 Å². The van der Waals surface area contributed by atoms with Gasteiger partial charge in [-0.2, -0.15) is 8.78 Å². The molecule has 0 N–H and O–H groups in total. The highest BCUT2D eigenvalue weighted by atomic mass is 32.1. The van der Waals surface area contributed by atoms with Gasteiger partial charge in [-0.05, 0) is 0 Å². The molecular weight excluding hydrogens is 286 g/mol. The predicted octanol–water partition coefficient (Wildman–Crippen LogP) is 1.69. The van der Waals surface area contributed by atoms with Crippen LogP contribution in [0.5, 0.6) is 0 Å². The van der Waals surface area contributed by atoms with E-state index in [9.17, 15) is 22.4 Å². The Labute approximate surface area is 110 Å². The van der Waals surface area contributed by atoms with E-state index in [4.69, 9.17) is 0 Å². The second-order valence-corrected chi connectivity index (χ2v) is 4.89. The SMILES string of the molecule is O=C(N1CCN(c2nccs2)CC1)C(F)(F)C(F)F. The topological polar surface area (TPSA) is 36.4 Å². The molecule has 1 aromatic rings. The average molecular weight is 297 g/mol. The number of piperazine rings is 1. The van der Waals surface area contributed by atoms with Gasteiger partial charge in [0, 0.05) is 37.8 Å². The molecule has 1 fully saturated rings. The molecule has 2 heterocycles. The van der Waals surface area contributed by atoms with Crippen molar-refractivity contribution >= 4 is 22.4 Å². The van der Waals surface area contributed by atoms with Gasteiger partial charge >= 0.3 is 12.3 Å². The molecule has 0 aromatic carbocycles. The van der Waals surface area contributed by atoms with E-state index in [-0.39, 0.29) is 13.1 Å². The van der Waals surface area contributed by atoms with Crippen LogP contribution in [0.2, 0.25) is 0 Å². The smallest absolute Gasteiger partial charge is 0.345 e. The van der Waals surface area contributed by atoms with Crippen LogP contribution in [0.25, 0.3) is 0 Å². The second-order valence-electron chi connectivity index (χ2n) is 4.02.